The molecule has 1 aromatic carbocycles. The predicted octanol–water partition coefficient (Wildman–Crippen LogP) is 2.29. The molecule has 2 rings (SSSR count). The van der Waals surface area contributed by atoms with Gasteiger partial charge in [0.1, 0.15) is 34.7 Å². The maximum atomic E-state index is 11.9. The fraction of sp³-hybridized carbons (Fsp3) is 0.458. The molecule has 0 bridgehead atoms. The third-order valence-corrected chi connectivity index (χ3v) is 4.44. The quantitative estimate of drug-likeness (QED) is 0.434. The Bertz CT molecular complexity index is 868. The minimum atomic E-state index is -0.674. The van der Waals surface area contributed by atoms with Crippen molar-refractivity contribution in [3.05, 3.63) is 47.8 Å². The van der Waals surface area contributed by atoms with Crippen LogP contribution in [-0.4, -0.2) is 57.6 Å². The number of methoxy groups -OCH3 is 3. The van der Waals surface area contributed by atoms with Crippen molar-refractivity contribution in [1.82, 2.24) is 5.32 Å². The first-order valence-electron chi connectivity index (χ1n) is 10.4. The fourth-order valence-electron chi connectivity index (χ4n) is 2.99. The molecule has 2 aromatic rings. The van der Waals surface area contributed by atoms with Crippen molar-refractivity contribution in [2.24, 2.45) is 0 Å². The van der Waals surface area contributed by atoms with Gasteiger partial charge in [0.15, 0.2) is 18.9 Å². The van der Waals surface area contributed by atoms with Gasteiger partial charge in [0.2, 0.25) is 0 Å². The van der Waals surface area contributed by atoms with E-state index in [9.17, 15) is 9.59 Å². The van der Waals surface area contributed by atoms with E-state index in [0.717, 1.165) is 18.2 Å². The molecule has 1 amide bonds. The Kier molecular flexibility index (Phi) is 11.1. The lowest BCUT2D eigenvalue weighted by Gasteiger charge is -2.21. The van der Waals surface area contributed by atoms with E-state index in [-0.39, 0.29) is 0 Å². The second-order valence-electron chi connectivity index (χ2n) is 7.98. The van der Waals surface area contributed by atoms with Gasteiger partial charge in [-0.2, -0.15) is 0 Å². The van der Waals surface area contributed by atoms with Gasteiger partial charge >= 0.3 is 6.09 Å². The van der Waals surface area contributed by atoms with Crippen LogP contribution in [0, 0.1) is 0 Å². The van der Waals surface area contributed by atoms with Crippen LogP contribution in [0.15, 0.2) is 36.7 Å². The molecular formula is C24H35N2O7+. The summed E-state index contributed by atoms with van der Waals surface area (Å²) < 4.78 is 23.5. The van der Waals surface area contributed by atoms with Gasteiger partial charge in [0.05, 0.1) is 27.4 Å². The molecule has 0 spiro atoms. The minimum absolute atomic E-state index is 0.360. The summed E-state index contributed by atoms with van der Waals surface area (Å²) in [6.07, 6.45) is 4.24. The normalized spacial score (nSPS) is 11.4. The van der Waals surface area contributed by atoms with Crippen LogP contribution in [0.4, 0.5) is 4.79 Å². The Balaban J connectivity index is 0.00000265. The number of nitrogens with one attached hydrogen (secondary N) is 1. The molecule has 0 radical (unpaired) electrons. The van der Waals surface area contributed by atoms with Crippen molar-refractivity contribution in [2.75, 3.05) is 28.4 Å². The van der Waals surface area contributed by atoms with Crippen LogP contribution >= 0.6 is 0 Å². The van der Waals surface area contributed by atoms with Crippen LogP contribution in [-0.2, 0) is 22.5 Å². The average Bonchev–Trinajstić information content (AvgIpc) is 2.79. The van der Waals surface area contributed by atoms with Gasteiger partial charge in [-0.15, -0.1) is 0 Å². The SMILES string of the molecule is CO.COc1cc(OC)c(C[n+]2ccc(CC(C=O)NC(=O)OC(C)(C)C)cc2)c(OC)c1. The van der Waals surface area contributed by atoms with E-state index < -0.39 is 17.7 Å². The van der Waals surface area contributed by atoms with E-state index in [1.165, 1.54) is 0 Å². The number of alkyl carbamates (subject to hydrolysis) is 1. The number of ether oxygens (including phenoxy) is 4. The van der Waals surface area contributed by atoms with Gasteiger partial charge in [0, 0.05) is 37.8 Å². The zero-order valence-electron chi connectivity index (χ0n) is 20.4. The monoisotopic (exact) mass is 463 g/mol. The number of hydrogen-bond acceptors (Lipinski definition) is 7. The Morgan fingerprint density at radius 1 is 1.06 bits per heavy atom. The average molecular weight is 464 g/mol. The van der Waals surface area contributed by atoms with Crippen LogP contribution < -0.4 is 24.1 Å². The largest absolute Gasteiger partial charge is 0.496 e. The number of rotatable bonds is 9. The minimum Gasteiger partial charge on any atom is -0.496 e. The molecular weight excluding hydrogens is 428 g/mol. The molecule has 1 aromatic heterocycles. The van der Waals surface area contributed by atoms with Crippen LogP contribution in [0.1, 0.15) is 31.9 Å². The third-order valence-electron chi connectivity index (χ3n) is 4.44. The highest BCUT2D eigenvalue weighted by Crippen LogP contribution is 2.33. The molecule has 0 saturated carbocycles. The number of aliphatic hydroxyl groups excluding tert-OH is 1. The number of carbonyl (C=O) groups excluding carboxylic acids is 2. The van der Waals surface area contributed by atoms with E-state index >= 15 is 0 Å². The van der Waals surface area contributed by atoms with E-state index in [1.807, 2.05) is 41.2 Å². The van der Waals surface area contributed by atoms with Crippen molar-refractivity contribution in [3.8, 4) is 17.2 Å². The second kappa shape index (κ2) is 13.3. The number of carbonyl (C=O) groups is 2. The first-order valence-corrected chi connectivity index (χ1v) is 10.4. The zero-order chi connectivity index (χ0) is 25.0. The lowest BCUT2D eigenvalue weighted by atomic mass is 10.1. The summed E-state index contributed by atoms with van der Waals surface area (Å²) in [5, 5.41) is 9.59. The lowest BCUT2D eigenvalue weighted by molar-refractivity contribution is -0.688. The summed E-state index contributed by atoms with van der Waals surface area (Å²) in [5.74, 6) is 1.97. The van der Waals surface area contributed by atoms with Gasteiger partial charge in [0.25, 0.3) is 0 Å². The van der Waals surface area contributed by atoms with E-state index in [1.54, 1.807) is 42.1 Å². The Morgan fingerprint density at radius 3 is 2.03 bits per heavy atom. The van der Waals surface area contributed by atoms with Crippen LogP contribution in [0.5, 0.6) is 17.2 Å². The summed E-state index contributed by atoms with van der Waals surface area (Å²) in [6, 6.07) is 6.74. The van der Waals surface area contributed by atoms with Crippen molar-refractivity contribution in [3.63, 3.8) is 0 Å². The molecule has 182 valence electrons. The third kappa shape index (κ3) is 8.97. The number of amides is 1. The molecule has 33 heavy (non-hydrogen) atoms. The Morgan fingerprint density at radius 2 is 1.61 bits per heavy atom. The topological polar surface area (TPSA) is 107 Å². The molecule has 9 heteroatoms. The molecule has 0 saturated heterocycles. The number of benzene rings is 1. The van der Waals surface area contributed by atoms with Crippen LogP contribution in [0.2, 0.25) is 0 Å². The van der Waals surface area contributed by atoms with Gasteiger partial charge in [-0.05, 0) is 26.3 Å². The number of hydrogen-bond donors (Lipinski definition) is 2. The molecule has 1 atom stereocenters. The number of pyridine rings is 1. The maximum Gasteiger partial charge on any atom is 0.408 e. The second-order valence-corrected chi connectivity index (χ2v) is 7.98. The molecule has 1 heterocycles. The Hall–Kier alpha value is -3.33. The van der Waals surface area contributed by atoms with Crippen molar-refractivity contribution in [2.45, 2.75) is 45.4 Å². The summed E-state index contributed by atoms with van der Waals surface area (Å²) in [7, 11) is 5.79. The summed E-state index contributed by atoms with van der Waals surface area (Å²) in [6.45, 7) is 5.83. The van der Waals surface area contributed by atoms with Crippen molar-refractivity contribution >= 4 is 12.4 Å². The fourth-order valence-corrected chi connectivity index (χ4v) is 2.99. The number of nitrogens with zero attached hydrogens (tertiary/aromatic N) is 1. The number of aldehydes is 1. The van der Waals surface area contributed by atoms with Gasteiger partial charge in [-0.25, -0.2) is 9.36 Å². The number of aliphatic hydroxyl groups is 1. The molecule has 0 aliphatic rings. The standard InChI is InChI=1S/C23H30N2O6.CH4O/c1-23(2,3)31-22(27)24-17(15-26)11-16-7-9-25(10-8-16)14-19-20(29-5)12-18(28-4)13-21(19)30-6;1-2/h7-10,12-13,15,17H,11,14H2,1-6H3;2H,1H3/p+1. The molecule has 0 aliphatic heterocycles. The number of aromatic nitrogens is 1. The maximum absolute atomic E-state index is 11.9. The zero-order valence-corrected chi connectivity index (χ0v) is 20.4. The van der Waals surface area contributed by atoms with E-state index in [0.29, 0.717) is 36.5 Å². The molecule has 0 fully saturated rings. The van der Waals surface area contributed by atoms with Crippen LogP contribution in [0.3, 0.4) is 0 Å². The molecule has 2 N–H and O–H groups in total. The van der Waals surface area contributed by atoms with Crippen molar-refractivity contribution in [1.29, 1.82) is 0 Å². The van der Waals surface area contributed by atoms with Crippen molar-refractivity contribution < 1.29 is 38.2 Å². The van der Waals surface area contributed by atoms with Gasteiger partial charge in [-0.1, -0.05) is 0 Å². The lowest BCUT2D eigenvalue weighted by Crippen LogP contribution is -2.41. The summed E-state index contributed by atoms with van der Waals surface area (Å²) in [4.78, 5) is 23.3. The van der Waals surface area contributed by atoms with E-state index in [2.05, 4.69) is 5.32 Å². The smallest absolute Gasteiger partial charge is 0.408 e. The van der Waals surface area contributed by atoms with Crippen LogP contribution in [0.25, 0.3) is 0 Å². The highest BCUT2D eigenvalue weighted by Gasteiger charge is 2.20. The Labute approximate surface area is 195 Å². The first kappa shape index (κ1) is 27.7. The summed E-state index contributed by atoms with van der Waals surface area (Å²) in [5.41, 5.74) is 1.15. The highest BCUT2D eigenvalue weighted by atomic mass is 16.6. The van der Waals surface area contributed by atoms with Gasteiger partial charge < -0.3 is 34.2 Å². The molecule has 9 nitrogen and oxygen atoms in total. The molecule has 0 aliphatic carbocycles. The molecule has 1 unspecified atom stereocenters. The first-order chi connectivity index (χ1) is 15.7. The van der Waals surface area contributed by atoms with E-state index in [4.69, 9.17) is 24.1 Å². The highest BCUT2D eigenvalue weighted by molar-refractivity contribution is 5.73. The van der Waals surface area contributed by atoms with Gasteiger partial charge in [-0.3, -0.25) is 0 Å². The predicted molar refractivity (Wildman–Crippen MR) is 123 cm³/mol. The summed E-state index contributed by atoms with van der Waals surface area (Å²) >= 11 is 0.